The lowest BCUT2D eigenvalue weighted by atomic mass is 10.0. The fourth-order valence-corrected chi connectivity index (χ4v) is 3.49. The zero-order valence-electron chi connectivity index (χ0n) is 12.1. The number of halogens is 2. The SMILES string of the molecule is N[C@@H]1CC(Cl)CCC[C@H]1N(C(=O)CCCl)c1ccccc1. The van der Waals surface area contributed by atoms with Crippen LogP contribution in [0, 0.1) is 0 Å². The highest BCUT2D eigenvalue weighted by molar-refractivity contribution is 6.20. The average Bonchev–Trinajstić information content (AvgIpc) is 2.62. The van der Waals surface area contributed by atoms with E-state index in [1.54, 1.807) is 0 Å². The van der Waals surface area contributed by atoms with Crippen molar-refractivity contribution in [2.45, 2.75) is 49.6 Å². The normalized spacial score (nSPS) is 26.1. The minimum absolute atomic E-state index is 0.00753. The first-order valence-corrected chi connectivity index (χ1v) is 8.43. The van der Waals surface area contributed by atoms with Gasteiger partial charge in [-0.15, -0.1) is 23.2 Å². The van der Waals surface area contributed by atoms with Gasteiger partial charge in [0.15, 0.2) is 0 Å². The third kappa shape index (κ3) is 4.35. The van der Waals surface area contributed by atoms with E-state index in [-0.39, 0.29) is 23.4 Å². The van der Waals surface area contributed by atoms with E-state index in [1.807, 2.05) is 35.2 Å². The first kappa shape index (κ1) is 16.6. The summed E-state index contributed by atoms with van der Waals surface area (Å²) in [5.41, 5.74) is 7.22. The Bertz CT molecular complexity index is 455. The van der Waals surface area contributed by atoms with Crippen molar-refractivity contribution in [3.63, 3.8) is 0 Å². The van der Waals surface area contributed by atoms with Crippen LogP contribution in [0.4, 0.5) is 5.69 Å². The van der Waals surface area contributed by atoms with E-state index in [9.17, 15) is 4.79 Å². The Morgan fingerprint density at radius 1 is 1.29 bits per heavy atom. The smallest absolute Gasteiger partial charge is 0.228 e. The zero-order valence-corrected chi connectivity index (χ0v) is 13.6. The largest absolute Gasteiger partial charge is 0.326 e. The molecule has 1 aromatic rings. The average molecular weight is 329 g/mol. The Morgan fingerprint density at radius 3 is 2.67 bits per heavy atom. The molecule has 1 unspecified atom stereocenters. The van der Waals surface area contributed by atoms with Crippen LogP contribution in [0.2, 0.25) is 0 Å². The van der Waals surface area contributed by atoms with Crippen LogP contribution in [0.1, 0.15) is 32.1 Å². The van der Waals surface area contributed by atoms with Gasteiger partial charge in [0, 0.05) is 29.4 Å². The minimum Gasteiger partial charge on any atom is -0.326 e. The second kappa shape index (κ2) is 8.02. The number of hydrogen-bond donors (Lipinski definition) is 1. The van der Waals surface area contributed by atoms with Crippen molar-refractivity contribution in [2.24, 2.45) is 5.73 Å². The molecule has 116 valence electrons. The molecule has 0 bridgehead atoms. The summed E-state index contributed by atoms with van der Waals surface area (Å²) < 4.78 is 0. The van der Waals surface area contributed by atoms with Crippen molar-refractivity contribution in [3.8, 4) is 0 Å². The van der Waals surface area contributed by atoms with Gasteiger partial charge in [-0.25, -0.2) is 0 Å². The molecule has 1 aliphatic rings. The summed E-state index contributed by atoms with van der Waals surface area (Å²) >= 11 is 12.0. The Balaban J connectivity index is 2.28. The maximum Gasteiger partial charge on any atom is 0.228 e. The van der Waals surface area contributed by atoms with E-state index >= 15 is 0 Å². The van der Waals surface area contributed by atoms with Gasteiger partial charge >= 0.3 is 0 Å². The van der Waals surface area contributed by atoms with Gasteiger partial charge < -0.3 is 10.6 Å². The van der Waals surface area contributed by atoms with Gasteiger partial charge in [-0.05, 0) is 37.8 Å². The summed E-state index contributed by atoms with van der Waals surface area (Å²) in [5, 5.41) is 0.103. The molecule has 5 heteroatoms. The monoisotopic (exact) mass is 328 g/mol. The van der Waals surface area contributed by atoms with Gasteiger partial charge in [-0.1, -0.05) is 18.2 Å². The fourth-order valence-electron chi connectivity index (χ4n) is 2.96. The van der Waals surface area contributed by atoms with Gasteiger partial charge in [0.05, 0.1) is 6.04 Å². The zero-order chi connectivity index (χ0) is 15.2. The van der Waals surface area contributed by atoms with Crippen molar-refractivity contribution in [1.82, 2.24) is 0 Å². The number of alkyl halides is 2. The van der Waals surface area contributed by atoms with E-state index in [0.29, 0.717) is 12.3 Å². The Morgan fingerprint density at radius 2 is 2.00 bits per heavy atom. The molecule has 1 aromatic carbocycles. The van der Waals surface area contributed by atoms with E-state index in [0.717, 1.165) is 31.4 Å². The molecule has 0 saturated heterocycles. The molecule has 3 atom stereocenters. The topological polar surface area (TPSA) is 46.3 Å². The molecule has 0 aromatic heterocycles. The molecular formula is C16H22Cl2N2O. The van der Waals surface area contributed by atoms with Gasteiger partial charge in [0.2, 0.25) is 5.91 Å². The van der Waals surface area contributed by atoms with Crippen LogP contribution in [0.3, 0.4) is 0 Å². The van der Waals surface area contributed by atoms with Crippen LogP contribution in [0.25, 0.3) is 0 Å². The quantitative estimate of drug-likeness (QED) is 0.678. The number of anilines is 1. The summed E-state index contributed by atoms with van der Waals surface area (Å²) in [5.74, 6) is 0.354. The van der Waals surface area contributed by atoms with E-state index in [2.05, 4.69) is 0 Å². The van der Waals surface area contributed by atoms with E-state index in [1.165, 1.54) is 0 Å². The van der Waals surface area contributed by atoms with Gasteiger partial charge in [0.25, 0.3) is 0 Å². The standard InChI is InChI=1S/C16H22Cl2N2O/c17-10-9-16(21)20(13-6-2-1-3-7-13)15-8-4-5-12(18)11-14(15)19/h1-3,6-7,12,14-15H,4-5,8-11,19H2/t12?,14-,15-/m1/s1. The maximum atomic E-state index is 12.5. The number of benzene rings is 1. The number of nitrogens with zero attached hydrogens (tertiary/aromatic N) is 1. The highest BCUT2D eigenvalue weighted by atomic mass is 35.5. The highest BCUT2D eigenvalue weighted by Crippen LogP contribution is 2.29. The van der Waals surface area contributed by atoms with Crippen LogP contribution < -0.4 is 10.6 Å². The van der Waals surface area contributed by atoms with Crippen LogP contribution in [0.5, 0.6) is 0 Å². The number of carbonyl (C=O) groups excluding carboxylic acids is 1. The second-order valence-corrected chi connectivity index (χ2v) is 6.53. The summed E-state index contributed by atoms with van der Waals surface area (Å²) in [4.78, 5) is 14.4. The number of para-hydroxylation sites is 1. The lowest BCUT2D eigenvalue weighted by Crippen LogP contribution is -2.51. The molecule has 2 N–H and O–H groups in total. The first-order valence-electron chi connectivity index (χ1n) is 7.46. The number of carbonyl (C=O) groups is 1. The molecule has 0 aliphatic heterocycles. The lowest BCUT2D eigenvalue weighted by molar-refractivity contribution is -0.118. The predicted octanol–water partition coefficient (Wildman–Crippen LogP) is 3.53. The third-order valence-corrected chi connectivity index (χ3v) is 4.57. The number of rotatable bonds is 4. The molecule has 1 aliphatic carbocycles. The molecule has 1 amide bonds. The molecule has 2 rings (SSSR count). The molecule has 0 heterocycles. The van der Waals surface area contributed by atoms with Gasteiger partial charge in [-0.3, -0.25) is 4.79 Å². The van der Waals surface area contributed by atoms with Crippen molar-refractivity contribution in [1.29, 1.82) is 0 Å². The summed E-state index contributed by atoms with van der Waals surface area (Å²) in [6, 6.07) is 9.59. The molecule has 21 heavy (non-hydrogen) atoms. The number of nitrogens with two attached hydrogens (primary N) is 1. The fraction of sp³-hybridized carbons (Fsp3) is 0.562. The van der Waals surface area contributed by atoms with Crippen molar-refractivity contribution in [3.05, 3.63) is 30.3 Å². The lowest BCUT2D eigenvalue weighted by Gasteiger charge is -2.35. The first-order chi connectivity index (χ1) is 10.1. The summed E-state index contributed by atoms with van der Waals surface area (Å²) in [7, 11) is 0. The van der Waals surface area contributed by atoms with Crippen LogP contribution in [-0.4, -0.2) is 29.2 Å². The highest BCUT2D eigenvalue weighted by Gasteiger charge is 2.32. The summed E-state index contributed by atoms with van der Waals surface area (Å²) in [6.45, 7) is 0. The van der Waals surface area contributed by atoms with Crippen LogP contribution in [0.15, 0.2) is 30.3 Å². The van der Waals surface area contributed by atoms with Gasteiger partial charge in [-0.2, -0.15) is 0 Å². The third-order valence-electron chi connectivity index (χ3n) is 3.98. The molecule has 1 saturated carbocycles. The minimum atomic E-state index is -0.102. The predicted molar refractivity (Wildman–Crippen MR) is 89.1 cm³/mol. The Kier molecular flexibility index (Phi) is 6.34. The van der Waals surface area contributed by atoms with Crippen LogP contribution >= 0.6 is 23.2 Å². The van der Waals surface area contributed by atoms with Gasteiger partial charge in [0.1, 0.15) is 0 Å². The van der Waals surface area contributed by atoms with Crippen molar-refractivity contribution >= 4 is 34.8 Å². The molecule has 0 radical (unpaired) electrons. The molecular weight excluding hydrogens is 307 g/mol. The van der Waals surface area contributed by atoms with E-state index < -0.39 is 0 Å². The number of hydrogen-bond acceptors (Lipinski definition) is 2. The maximum absolute atomic E-state index is 12.5. The van der Waals surface area contributed by atoms with Crippen molar-refractivity contribution < 1.29 is 4.79 Å². The number of amides is 1. The molecule has 3 nitrogen and oxygen atoms in total. The second-order valence-electron chi connectivity index (χ2n) is 5.53. The van der Waals surface area contributed by atoms with E-state index in [4.69, 9.17) is 28.9 Å². The Hall–Kier alpha value is -0.770. The van der Waals surface area contributed by atoms with Crippen molar-refractivity contribution in [2.75, 3.05) is 10.8 Å². The summed E-state index contributed by atoms with van der Waals surface area (Å²) in [6.07, 6.45) is 3.89. The molecule has 0 spiro atoms. The molecule has 1 fully saturated rings. The Labute approximate surface area is 136 Å². The van der Waals surface area contributed by atoms with Crippen LogP contribution in [-0.2, 0) is 4.79 Å².